The largest absolute Gasteiger partial charge is 0.342 e. The van der Waals surface area contributed by atoms with Crippen molar-refractivity contribution in [3.05, 3.63) is 29.6 Å². The van der Waals surface area contributed by atoms with Crippen LogP contribution in [0.4, 0.5) is 0 Å². The minimum absolute atomic E-state index is 0.0310. The van der Waals surface area contributed by atoms with Crippen LogP contribution in [0, 0.1) is 6.92 Å². The molecular formula is C11H15BrN2O. The minimum atomic E-state index is 0.0310. The van der Waals surface area contributed by atoms with E-state index < -0.39 is 0 Å². The zero-order valence-electron chi connectivity index (χ0n) is 9.03. The molecule has 0 radical (unpaired) electrons. The predicted octanol–water partition coefficient (Wildman–Crippen LogP) is 2.25. The Morgan fingerprint density at radius 3 is 2.80 bits per heavy atom. The number of carbonyl (C=O) groups is 1. The first-order valence-corrected chi connectivity index (χ1v) is 6.01. The standard InChI is InChI=1S/C11H15BrN2O/c1-9-4-5-10(8-13-9)11(15)14(2)7-3-6-12/h4-5,8H,3,6-7H2,1-2H3. The van der Waals surface area contributed by atoms with Crippen LogP contribution in [0.2, 0.25) is 0 Å². The molecule has 0 aliphatic rings. The molecule has 3 nitrogen and oxygen atoms in total. The fraction of sp³-hybridized carbons (Fsp3) is 0.455. The Labute approximate surface area is 98.6 Å². The lowest BCUT2D eigenvalue weighted by atomic mass is 10.2. The number of hydrogen-bond donors (Lipinski definition) is 0. The van der Waals surface area contributed by atoms with Crippen molar-refractivity contribution in [2.45, 2.75) is 13.3 Å². The van der Waals surface area contributed by atoms with Crippen molar-refractivity contribution < 1.29 is 4.79 Å². The summed E-state index contributed by atoms with van der Waals surface area (Å²) in [5, 5.41) is 0.913. The van der Waals surface area contributed by atoms with Crippen LogP contribution in [-0.4, -0.2) is 34.7 Å². The molecule has 1 heterocycles. The first-order valence-electron chi connectivity index (χ1n) is 4.89. The molecule has 0 saturated heterocycles. The summed E-state index contributed by atoms with van der Waals surface area (Å²) in [6.07, 6.45) is 2.59. The molecule has 82 valence electrons. The number of carbonyl (C=O) groups excluding carboxylic acids is 1. The molecule has 0 aliphatic heterocycles. The van der Waals surface area contributed by atoms with E-state index in [-0.39, 0.29) is 5.91 Å². The van der Waals surface area contributed by atoms with E-state index in [1.165, 1.54) is 0 Å². The molecule has 1 amide bonds. The number of hydrogen-bond acceptors (Lipinski definition) is 2. The van der Waals surface area contributed by atoms with Gasteiger partial charge in [-0.05, 0) is 25.5 Å². The maximum absolute atomic E-state index is 11.8. The lowest BCUT2D eigenvalue weighted by Gasteiger charge is -2.16. The molecule has 1 aromatic rings. The molecule has 0 unspecified atom stereocenters. The summed E-state index contributed by atoms with van der Waals surface area (Å²) in [5.74, 6) is 0.0310. The smallest absolute Gasteiger partial charge is 0.255 e. The van der Waals surface area contributed by atoms with Crippen molar-refractivity contribution in [1.29, 1.82) is 0 Å². The van der Waals surface area contributed by atoms with Gasteiger partial charge in [0.25, 0.3) is 5.91 Å². The summed E-state index contributed by atoms with van der Waals surface area (Å²) in [6, 6.07) is 3.67. The van der Waals surface area contributed by atoms with Gasteiger partial charge >= 0.3 is 0 Å². The zero-order valence-corrected chi connectivity index (χ0v) is 10.6. The van der Waals surface area contributed by atoms with Gasteiger partial charge in [0.15, 0.2) is 0 Å². The molecule has 0 fully saturated rings. The molecule has 1 rings (SSSR count). The van der Waals surface area contributed by atoms with Gasteiger partial charge in [0.1, 0.15) is 0 Å². The van der Waals surface area contributed by atoms with Crippen molar-refractivity contribution >= 4 is 21.8 Å². The van der Waals surface area contributed by atoms with E-state index in [9.17, 15) is 4.79 Å². The van der Waals surface area contributed by atoms with Gasteiger partial charge in [-0.15, -0.1) is 0 Å². The number of pyridine rings is 1. The monoisotopic (exact) mass is 270 g/mol. The average molecular weight is 271 g/mol. The van der Waals surface area contributed by atoms with Gasteiger partial charge < -0.3 is 4.90 Å². The summed E-state index contributed by atoms with van der Waals surface area (Å²) in [6.45, 7) is 2.67. The van der Waals surface area contributed by atoms with E-state index in [1.807, 2.05) is 26.1 Å². The Balaban J connectivity index is 2.63. The first-order chi connectivity index (χ1) is 7.15. The van der Waals surface area contributed by atoms with Crippen molar-refractivity contribution in [3.8, 4) is 0 Å². The summed E-state index contributed by atoms with van der Waals surface area (Å²) >= 11 is 3.34. The number of alkyl halides is 1. The number of rotatable bonds is 4. The second-order valence-electron chi connectivity index (χ2n) is 3.46. The summed E-state index contributed by atoms with van der Waals surface area (Å²) in [4.78, 5) is 17.7. The fourth-order valence-corrected chi connectivity index (χ4v) is 1.46. The number of aromatic nitrogens is 1. The molecule has 0 aromatic carbocycles. The van der Waals surface area contributed by atoms with Crippen molar-refractivity contribution in [2.24, 2.45) is 0 Å². The van der Waals surface area contributed by atoms with Gasteiger partial charge in [0.05, 0.1) is 5.56 Å². The minimum Gasteiger partial charge on any atom is -0.342 e. The molecule has 1 aromatic heterocycles. The van der Waals surface area contributed by atoms with E-state index in [0.717, 1.165) is 24.0 Å². The van der Waals surface area contributed by atoms with E-state index in [0.29, 0.717) is 5.56 Å². The van der Waals surface area contributed by atoms with Gasteiger partial charge in [-0.3, -0.25) is 9.78 Å². The van der Waals surface area contributed by atoms with E-state index >= 15 is 0 Å². The average Bonchev–Trinajstić information content (AvgIpc) is 2.26. The molecule has 0 N–H and O–H groups in total. The predicted molar refractivity (Wildman–Crippen MR) is 64.3 cm³/mol. The van der Waals surface area contributed by atoms with Gasteiger partial charge in [0, 0.05) is 30.8 Å². The Hall–Kier alpha value is -0.900. The molecule has 0 spiro atoms. The van der Waals surface area contributed by atoms with Gasteiger partial charge in [-0.25, -0.2) is 0 Å². The van der Waals surface area contributed by atoms with Gasteiger partial charge in [-0.2, -0.15) is 0 Å². The van der Waals surface area contributed by atoms with Crippen LogP contribution in [0.5, 0.6) is 0 Å². The normalized spacial score (nSPS) is 10.1. The summed E-state index contributed by atoms with van der Waals surface area (Å²) in [5.41, 5.74) is 1.58. The Morgan fingerprint density at radius 2 is 2.27 bits per heavy atom. The van der Waals surface area contributed by atoms with Crippen LogP contribution in [0.1, 0.15) is 22.5 Å². The third-order valence-corrected chi connectivity index (χ3v) is 2.69. The van der Waals surface area contributed by atoms with Crippen LogP contribution >= 0.6 is 15.9 Å². The van der Waals surface area contributed by atoms with Crippen LogP contribution in [0.25, 0.3) is 0 Å². The maximum Gasteiger partial charge on any atom is 0.255 e. The topological polar surface area (TPSA) is 33.2 Å². The van der Waals surface area contributed by atoms with Crippen LogP contribution in [0.15, 0.2) is 18.3 Å². The van der Waals surface area contributed by atoms with Crippen molar-refractivity contribution in [1.82, 2.24) is 9.88 Å². The second-order valence-corrected chi connectivity index (χ2v) is 4.25. The second kappa shape index (κ2) is 5.85. The van der Waals surface area contributed by atoms with Gasteiger partial charge in [0.2, 0.25) is 0 Å². The van der Waals surface area contributed by atoms with E-state index in [2.05, 4.69) is 20.9 Å². The Bertz CT molecular complexity index is 324. The number of amides is 1. The third-order valence-electron chi connectivity index (χ3n) is 2.13. The number of aryl methyl sites for hydroxylation is 1. The fourth-order valence-electron chi connectivity index (χ4n) is 1.21. The highest BCUT2D eigenvalue weighted by Crippen LogP contribution is 2.04. The van der Waals surface area contributed by atoms with E-state index in [4.69, 9.17) is 0 Å². The van der Waals surface area contributed by atoms with Crippen LogP contribution < -0.4 is 0 Å². The molecule has 0 bridgehead atoms. The Kier molecular flexibility index (Phi) is 4.75. The highest BCUT2D eigenvalue weighted by atomic mass is 79.9. The van der Waals surface area contributed by atoms with Crippen molar-refractivity contribution in [3.63, 3.8) is 0 Å². The summed E-state index contributed by atoms with van der Waals surface area (Å²) < 4.78 is 0. The van der Waals surface area contributed by atoms with E-state index in [1.54, 1.807) is 11.1 Å². The lowest BCUT2D eigenvalue weighted by Crippen LogP contribution is -2.28. The highest BCUT2D eigenvalue weighted by Gasteiger charge is 2.10. The number of halogens is 1. The maximum atomic E-state index is 11.8. The van der Waals surface area contributed by atoms with Crippen molar-refractivity contribution in [2.75, 3.05) is 18.9 Å². The molecule has 4 heteroatoms. The molecule has 0 aliphatic carbocycles. The zero-order chi connectivity index (χ0) is 11.3. The Morgan fingerprint density at radius 1 is 1.53 bits per heavy atom. The third kappa shape index (κ3) is 3.63. The quantitative estimate of drug-likeness (QED) is 0.787. The lowest BCUT2D eigenvalue weighted by molar-refractivity contribution is 0.0795. The number of nitrogens with zero attached hydrogens (tertiary/aromatic N) is 2. The SMILES string of the molecule is Cc1ccc(C(=O)N(C)CCCBr)cn1. The van der Waals surface area contributed by atoms with Crippen LogP contribution in [0.3, 0.4) is 0 Å². The molecular weight excluding hydrogens is 256 g/mol. The van der Waals surface area contributed by atoms with Crippen LogP contribution in [-0.2, 0) is 0 Å². The summed E-state index contributed by atoms with van der Waals surface area (Å²) in [7, 11) is 1.81. The first kappa shape index (κ1) is 12.2. The molecule has 0 saturated carbocycles. The van der Waals surface area contributed by atoms with Gasteiger partial charge in [-0.1, -0.05) is 15.9 Å². The highest BCUT2D eigenvalue weighted by molar-refractivity contribution is 9.09. The molecule has 15 heavy (non-hydrogen) atoms. The molecule has 0 atom stereocenters.